The standard InChI is InChI=1S/C13H20/c1-3-5-6-13-11-8-7-10(9-11)12(13)4-2/h4,7-8,10-11,13H,3,5-6,9H2,1-2H3. The Kier molecular flexibility index (Phi) is 2.57. The van der Waals surface area contributed by atoms with Crippen LogP contribution in [0.3, 0.4) is 0 Å². The lowest BCUT2D eigenvalue weighted by atomic mass is 9.84. The van der Waals surface area contributed by atoms with Crippen LogP contribution < -0.4 is 0 Å². The van der Waals surface area contributed by atoms with Crippen LogP contribution in [0.1, 0.15) is 39.5 Å². The van der Waals surface area contributed by atoms with Gasteiger partial charge in [0.1, 0.15) is 0 Å². The highest BCUT2D eigenvalue weighted by atomic mass is 14.4. The number of unbranched alkanes of at least 4 members (excludes halogenated alkanes) is 1. The van der Waals surface area contributed by atoms with Gasteiger partial charge in [0.2, 0.25) is 0 Å². The fourth-order valence-electron chi connectivity index (χ4n) is 3.03. The number of rotatable bonds is 3. The number of hydrogen-bond donors (Lipinski definition) is 0. The maximum absolute atomic E-state index is 2.46. The van der Waals surface area contributed by atoms with Crippen LogP contribution in [-0.4, -0.2) is 0 Å². The summed E-state index contributed by atoms with van der Waals surface area (Å²) in [6.07, 6.45) is 12.8. The first-order chi connectivity index (χ1) is 6.36. The second-order valence-corrected chi connectivity index (χ2v) is 4.43. The molecule has 0 saturated heterocycles. The molecule has 0 radical (unpaired) electrons. The molecule has 0 heterocycles. The second-order valence-electron chi connectivity index (χ2n) is 4.43. The third-order valence-electron chi connectivity index (χ3n) is 3.69. The van der Waals surface area contributed by atoms with Crippen LogP contribution in [0, 0.1) is 17.8 Å². The van der Waals surface area contributed by atoms with Crippen LogP contribution in [0.5, 0.6) is 0 Å². The number of hydrogen-bond acceptors (Lipinski definition) is 0. The number of fused-ring (bicyclic) bond motifs is 2. The molecule has 0 N–H and O–H groups in total. The average molecular weight is 176 g/mol. The quantitative estimate of drug-likeness (QED) is 0.571. The van der Waals surface area contributed by atoms with Crippen molar-refractivity contribution in [1.82, 2.24) is 0 Å². The first-order valence-corrected chi connectivity index (χ1v) is 5.71. The minimum Gasteiger partial charge on any atom is -0.0876 e. The molecule has 0 amide bonds. The van der Waals surface area contributed by atoms with Crippen LogP contribution in [0.15, 0.2) is 23.8 Å². The third-order valence-corrected chi connectivity index (χ3v) is 3.69. The summed E-state index contributed by atoms with van der Waals surface area (Å²) in [5, 5.41) is 0. The van der Waals surface area contributed by atoms with Gasteiger partial charge in [-0.2, -0.15) is 0 Å². The Hall–Kier alpha value is -0.520. The topological polar surface area (TPSA) is 0 Å². The first kappa shape index (κ1) is 9.05. The Bertz CT molecular complexity index is 234. The highest BCUT2D eigenvalue weighted by molar-refractivity contribution is 5.30. The second kappa shape index (κ2) is 3.69. The highest BCUT2D eigenvalue weighted by Crippen LogP contribution is 2.49. The minimum absolute atomic E-state index is 0.817. The zero-order valence-corrected chi connectivity index (χ0v) is 8.79. The normalized spacial score (nSPS) is 39.2. The molecule has 3 unspecified atom stereocenters. The van der Waals surface area contributed by atoms with Gasteiger partial charge in [-0.05, 0) is 37.5 Å². The van der Waals surface area contributed by atoms with E-state index in [1.165, 1.54) is 25.7 Å². The fraction of sp³-hybridized carbons (Fsp3) is 0.692. The summed E-state index contributed by atoms with van der Waals surface area (Å²) >= 11 is 0. The van der Waals surface area contributed by atoms with E-state index in [9.17, 15) is 0 Å². The van der Waals surface area contributed by atoms with Gasteiger partial charge in [-0.25, -0.2) is 0 Å². The van der Waals surface area contributed by atoms with Gasteiger partial charge in [0.15, 0.2) is 0 Å². The van der Waals surface area contributed by atoms with Gasteiger partial charge < -0.3 is 0 Å². The van der Waals surface area contributed by atoms with E-state index in [-0.39, 0.29) is 0 Å². The lowest BCUT2D eigenvalue weighted by molar-refractivity contribution is 0.458. The van der Waals surface area contributed by atoms with Crippen molar-refractivity contribution in [2.24, 2.45) is 17.8 Å². The van der Waals surface area contributed by atoms with Crippen molar-refractivity contribution < 1.29 is 0 Å². The van der Waals surface area contributed by atoms with Gasteiger partial charge in [-0.1, -0.05) is 43.6 Å². The minimum atomic E-state index is 0.817. The SMILES string of the molecule is CC=C1C2C=CC(C2)C1CCCC. The van der Waals surface area contributed by atoms with Crippen molar-refractivity contribution in [2.75, 3.05) is 0 Å². The van der Waals surface area contributed by atoms with Gasteiger partial charge in [0, 0.05) is 0 Å². The molecule has 2 rings (SSSR count). The molecule has 72 valence electrons. The van der Waals surface area contributed by atoms with E-state index in [4.69, 9.17) is 0 Å². The summed E-state index contributed by atoms with van der Waals surface area (Å²) in [6, 6.07) is 0. The van der Waals surface area contributed by atoms with E-state index in [1.807, 2.05) is 0 Å². The van der Waals surface area contributed by atoms with Crippen molar-refractivity contribution in [1.29, 1.82) is 0 Å². The van der Waals surface area contributed by atoms with Crippen LogP contribution in [-0.2, 0) is 0 Å². The smallest absolute Gasteiger partial charge is 0.00145 e. The first-order valence-electron chi connectivity index (χ1n) is 5.71. The summed E-state index contributed by atoms with van der Waals surface area (Å²) in [5.74, 6) is 2.61. The predicted octanol–water partition coefficient (Wildman–Crippen LogP) is 3.95. The van der Waals surface area contributed by atoms with Gasteiger partial charge in [-0.3, -0.25) is 0 Å². The Morgan fingerprint density at radius 2 is 2.31 bits per heavy atom. The van der Waals surface area contributed by atoms with E-state index >= 15 is 0 Å². The summed E-state index contributed by atoms with van der Waals surface area (Å²) in [7, 11) is 0. The van der Waals surface area contributed by atoms with Crippen LogP contribution in [0.2, 0.25) is 0 Å². The lowest BCUT2D eigenvalue weighted by Gasteiger charge is -2.20. The van der Waals surface area contributed by atoms with Crippen LogP contribution >= 0.6 is 0 Å². The molecule has 0 spiro atoms. The molecule has 0 aromatic heterocycles. The van der Waals surface area contributed by atoms with Crippen LogP contribution in [0.4, 0.5) is 0 Å². The zero-order chi connectivity index (χ0) is 9.26. The Labute approximate surface area is 81.7 Å². The van der Waals surface area contributed by atoms with Gasteiger partial charge >= 0.3 is 0 Å². The summed E-state index contributed by atoms with van der Waals surface area (Å²) < 4.78 is 0. The van der Waals surface area contributed by atoms with Gasteiger partial charge in [-0.15, -0.1) is 0 Å². The Balaban J connectivity index is 2.06. The molecule has 1 saturated carbocycles. The largest absolute Gasteiger partial charge is 0.0876 e. The lowest BCUT2D eigenvalue weighted by Crippen LogP contribution is -2.09. The molecule has 3 atom stereocenters. The van der Waals surface area contributed by atoms with Crippen molar-refractivity contribution in [3.63, 3.8) is 0 Å². The van der Waals surface area contributed by atoms with E-state index in [0.29, 0.717) is 0 Å². The Morgan fingerprint density at radius 3 is 3.00 bits per heavy atom. The zero-order valence-electron chi connectivity index (χ0n) is 8.79. The molecular formula is C13H20. The molecular weight excluding hydrogens is 156 g/mol. The summed E-state index contributed by atoms with van der Waals surface area (Å²) in [4.78, 5) is 0. The molecule has 0 nitrogen and oxygen atoms in total. The number of allylic oxidation sites excluding steroid dienone is 4. The molecule has 0 aromatic carbocycles. The molecule has 1 fully saturated rings. The molecule has 2 bridgehead atoms. The van der Waals surface area contributed by atoms with E-state index < -0.39 is 0 Å². The van der Waals surface area contributed by atoms with Crippen molar-refractivity contribution in [2.45, 2.75) is 39.5 Å². The van der Waals surface area contributed by atoms with Crippen LogP contribution in [0.25, 0.3) is 0 Å². The van der Waals surface area contributed by atoms with Gasteiger partial charge in [0.05, 0.1) is 0 Å². The molecule has 2 aliphatic rings. The maximum Gasteiger partial charge on any atom is -0.00145 e. The monoisotopic (exact) mass is 176 g/mol. The van der Waals surface area contributed by atoms with Crippen molar-refractivity contribution >= 4 is 0 Å². The molecule has 0 heteroatoms. The Morgan fingerprint density at radius 1 is 1.46 bits per heavy atom. The van der Waals surface area contributed by atoms with Gasteiger partial charge in [0.25, 0.3) is 0 Å². The van der Waals surface area contributed by atoms with E-state index in [1.54, 1.807) is 5.57 Å². The molecule has 0 aromatic rings. The maximum atomic E-state index is 2.46. The highest BCUT2D eigenvalue weighted by Gasteiger charge is 2.38. The third kappa shape index (κ3) is 1.47. The molecule has 0 aliphatic heterocycles. The summed E-state index contributed by atoms with van der Waals surface area (Å²) in [6.45, 7) is 4.50. The van der Waals surface area contributed by atoms with E-state index in [2.05, 4.69) is 32.1 Å². The van der Waals surface area contributed by atoms with E-state index in [0.717, 1.165) is 17.8 Å². The van der Waals surface area contributed by atoms with Crippen molar-refractivity contribution in [3.05, 3.63) is 23.8 Å². The van der Waals surface area contributed by atoms with Crippen molar-refractivity contribution in [3.8, 4) is 0 Å². The molecule has 13 heavy (non-hydrogen) atoms. The molecule has 2 aliphatic carbocycles. The predicted molar refractivity (Wildman–Crippen MR) is 57.5 cm³/mol. The average Bonchev–Trinajstić information content (AvgIpc) is 2.73. The fourth-order valence-corrected chi connectivity index (χ4v) is 3.03. The summed E-state index contributed by atoms with van der Waals surface area (Å²) in [5.41, 5.74) is 1.74.